The summed E-state index contributed by atoms with van der Waals surface area (Å²) in [6, 6.07) is 1.50. The van der Waals surface area contributed by atoms with E-state index in [1.165, 1.54) is 12.3 Å². The molecule has 0 aliphatic carbocycles. The van der Waals surface area contributed by atoms with Crippen LogP contribution in [0, 0.1) is 0 Å². The Balaban J connectivity index is 2.32. The van der Waals surface area contributed by atoms with Crippen LogP contribution in [0.4, 0.5) is 8.78 Å². The van der Waals surface area contributed by atoms with Crippen LogP contribution in [-0.4, -0.2) is 36.7 Å². The van der Waals surface area contributed by atoms with Crippen LogP contribution < -0.4 is 0 Å². The van der Waals surface area contributed by atoms with Crippen molar-refractivity contribution in [2.24, 2.45) is 0 Å². The molecule has 0 N–H and O–H groups in total. The molecular formula is C12H16F2N2O2S. The van der Waals surface area contributed by atoms with Crippen molar-refractivity contribution in [2.45, 2.75) is 37.0 Å². The van der Waals surface area contributed by atoms with Gasteiger partial charge >= 0.3 is 0 Å². The van der Waals surface area contributed by atoms with E-state index in [1.54, 1.807) is 6.20 Å². The highest BCUT2D eigenvalue weighted by atomic mass is 32.2. The lowest BCUT2D eigenvalue weighted by molar-refractivity contribution is -0.0945. The van der Waals surface area contributed by atoms with Crippen LogP contribution in [0.25, 0.3) is 0 Å². The molecule has 1 fully saturated rings. The normalized spacial score (nSPS) is 20.1. The quantitative estimate of drug-likeness (QED) is 0.837. The van der Waals surface area contributed by atoms with Gasteiger partial charge in [-0.3, -0.25) is 4.98 Å². The second-order valence-electron chi connectivity index (χ2n) is 5.79. The van der Waals surface area contributed by atoms with Crippen LogP contribution in [0.3, 0.4) is 0 Å². The Hall–Kier alpha value is -1.08. The largest absolute Gasteiger partial charge is 0.275 e. The van der Waals surface area contributed by atoms with Gasteiger partial charge in [0.2, 0.25) is 10.0 Å². The molecule has 1 aromatic heterocycles. The number of sulfonamides is 1. The van der Waals surface area contributed by atoms with Gasteiger partial charge in [0.05, 0.1) is 13.1 Å². The highest BCUT2D eigenvalue weighted by Gasteiger charge is 2.50. The first-order chi connectivity index (χ1) is 8.52. The number of aromatic nitrogens is 1. The SMILES string of the molecule is CC(C)(C)c1cncc(S(=O)(=O)N2CC(F)(F)C2)c1. The van der Waals surface area contributed by atoms with E-state index in [0.29, 0.717) is 0 Å². The number of pyridine rings is 1. The van der Waals surface area contributed by atoms with Gasteiger partial charge in [0.1, 0.15) is 4.90 Å². The standard InChI is InChI=1S/C12H16F2N2O2S/c1-11(2,3)9-4-10(6-15-5-9)19(17,18)16-7-12(13,14)8-16/h4-6H,7-8H2,1-3H3. The minimum atomic E-state index is -3.87. The Labute approximate surface area is 111 Å². The maximum atomic E-state index is 12.8. The highest BCUT2D eigenvalue weighted by Crippen LogP contribution is 2.32. The molecule has 106 valence electrons. The topological polar surface area (TPSA) is 50.3 Å². The maximum Gasteiger partial charge on any atom is 0.275 e. The van der Waals surface area contributed by atoms with Gasteiger partial charge in [0.25, 0.3) is 5.92 Å². The Morgan fingerprint density at radius 1 is 1.26 bits per heavy atom. The monoisotopic (exact) mass is 290 g/mol. The van der Waals surface area contributed by atoms with Crippen molar-refractivity contribution in [3.05, 3.63) is 24.0 Å². The summed E-state index contributed by atoms with van der Waals surface area (Å²) >= 11 is 0. The van der Waals surface area contributed by atoms with E-state index in [9.17, 15) is 17.2 Å². The molecule has 0 spiro atoms. The van der Waals surface area contributed by atoms with Gasteiger partial charge in [-0.25, -0.2) is 17.2 Å². The molecule has 0 amide bonds. The Bertz CT molecular complexity index is 586. The fourth-order valence-corrected chi connectivity index (χ4v) is 3.24. The van der Waals surface area contributed by atoms with Gasteiger partial charge in [-0.05, 0) is 17.0 Å². The van der Waals surface area contributed by atoms with Crippen LogP contribution in [0.2, 0.25) is 0 Å². The van der Waals surface area contributed by atoms with Gasteiger partial charge in [-0.15, -0.1) is 0 Å². The number of hydrogen-bond donors (Lipinski definition) is 0. The fraction of sp³-hybridized carbons (Fsp3) is 0.583. The second-order valence-corrected chi connectivity index (χ2v) is 7.73. The number of nitrogens with zero attached hydrogens (tertiary/aromatic N) is 2. The molecule has 0 bridgehead atoms. The first kappa shape index (κ1) is 14.3. The van der Waals surface area contributed by atoms with Crippen molar-refractivity contribution >= 4 is 10.0 Å². The van der Waals surface area contributed by atoms with Gasteiger partial charge < -0.3 is 0 Å². The van der Waals surface area contributed by atoms with Crippen LogP contribution in [-0.2, 0) is 15.4 Å². The van der Waals surface area contributed by atoms with E-state index in [0.717, 1.165) is 9.87 Å². The van der Waals surface area contributed by atoms with Gasteiger partial charge in [0.15, 0.2) is 0 Å². The molecule has 1 aliphatic heterocycles. The highest BCUT2D eigenvalue weighted by molar-refractivity contribution is 7.89. The number of halogens is 2. The summed E-state index contributed by atoms with van der Waals surface area (Å²) in [7, 11) is -3.87. The third kappa shape index (κ3) is 2.76. The first-order valence-electron chi connectivity index (χ1n) is 5.86. The lowest BCUT2D eigenvalue weighted by atomic mass is 9.88. The van der Waals surface area contributed by atoms with Crippen LogP contribution in [0.1, 0.15) is 26.3 Å². The lowest BCUT2D eigenvalue weighted by Gasteiger charge is -2.37. The van der Waals surface area contributed by atoms with E-state index in [1.807, 2.05) is 20.8 Å². The van der Waals surface area contributed by atoms with Gasteiger partial charge in [-0.2, -0.15) is 4.31 Å². The van der Waals surface area contributed by atoms with Crippen LogP contribution in [0.5, 0.6) is 0 Å². The van der Waals surface area contributed by atoms with E-state index < -0.39 is 29.0 Å². The number of rotatable bonds is 2. The van der Waals surface area contributed by atoms with Crippen molar-refractivity contribution in [1.82, 2.24) is 9.29 Å². The predicted octanol–water partition coefficient (Wildman–Crippen LogP) is 2.02. The molecule has 0 atom stereocenters. The zero-order valence-electron chi connectivity index (χ0n) is 11.0. The summed E-state index contributed by atoms with van der Waals surface area (Å²) in [5.74, 6) is -2.91. The second kappa shape index (κ2) is 4.21. The minimum Gasteiger partial charge on any atom is -0.263 e. The van der Waals surface area contributed by atoms with E-state index in [-0.39, 0.29) is 10.3 Å². The van der Waals surface area contributed by atoms with Gasteiger partial charge in [-0.1, -0.05) is 20.8 Å². The number of hydrogen-bond acceptors (Lipinski definition) is 3. The third-order valence-electron chi connectivity index (χ3n) is 3.03. The molecule has 1 saturated heterocycles. The first-order valence-corrected chi connectivity index (χ1v) is 7.30. The van der Waals surface area contributed by atoms with E-state index in [2.05, 4.69) is 4.98 Å². The molecular weight excluding hydrogens is 274 g/mol. The number of alkyl halides is 2. The van der Waals surface area contributed by atoms with Crippen molar-refractivity contribution in [1.29, 1.82) is 0 Å². The fourth-order valence-electron chi connectivity index (χ4n) is 1.76. The van der Waals surface area contributed by atoms with E-state index in [4.69, 9.17) is 0 Å². The molecule has 1 aliphatic rings. The van der Waals surface area contributed by atoms with E-state index >= 15 is 0 Å². The van der Waals surface area contributed by atoms with Crippen LogP contribution in [0.15, 0.2) is 23.4 Å². The molecule has 0 unspecified atom stereocenters. The van der Waals surface area contributed by atoms with Crippen LogP contribution >= 0.6 is 0 Å². The average Bonchev–Trinajstić information content (AvgIpc) is 2.25. The third-order valence-corrected chi connectivity index (χ3v) is 4.79. The summed E-state index contributed by atoms with van der Waals surface area (Å²) in [6.45, 7) is 4.28. The molecule has 4 nitrogen and oxygen atoms in total. The minimum absolute atomic E-state index is 0.0320. The van der Waals surface area contributed by atoms with Crippen molar-refractivity contribution in [3.8, 4) is 0 Å². The summed E-state index contributed by atoms with van der Waals surface area (Å²) in [5, 5.41) is 0. The molecule has 0 radical (unpaired) electrons. The van der Waals surface area contributed by atoms with Crippen molar-refractivity contribution in [3.63, 3.8) is 0 Å². The molecule has 2 rings (SSSR count). The summed E-state index contributed by atoms with van der Waals surface area (Å²) in [4.78, 5) is 3.87. The zero-order chi connectivity index (χ0) is 14.5. The Kier molecular flexibility index (Phi) is 3.17. The Morgan fingerprint density at radius 3 is 2.32 bits per heavy atom. The zero-order valence-corrected chi connectivity index (χ0v) is 11.8. The molecule has 0 saturated carbocycles. The smallest absolute Gasteiger partial charge is 0.263 e. The molecule has 1 aromatic rings. The molecule has 2 heterocycles. The molecule has 7 heteroatoms. The predicted molar refractivity (Wildman–Crippen MR) is 66.6 cm³/mol. The van der Waals surface area contributed by atoms with Crippen molar-refractivity contribution in [2.75, 3.05) is 13.1 Å². The summed E-state index contributed by atoms with van der Waals surface area (Å²) in [6.07, 6.45) is 2.78. The lowest BCUT2D eigenvalue weighted by Crippen LogP contribution is -2.58. The summed E-state index contributed by atoms with van der Waals surface area (Å²) < 4.78 is 50.6. The Morgan fingerprint density at radius 2 is 1.84 bits per heavy atom. The molecule has 0 aromatic carbocycles. The molecule has 19 heavy (non-hydrogen) atoms. The average molecular weight is 290 g/mol. The van der Waals surface area contributed by atoms with Gasteiger partial charge in [0, 0.05) is 12.4 Å². The van der Waals surface area contributed by atoms with Crippen molar-refractivity contribution < 1.29 is 17.2 Å². The maximum absolute atomic E-state index is 12.8. The summed E-state index contributed by atoms with van der Waals surface area (Å²) in [5.41, 5.74) is 0.498.